The van der Waals surface area contributed by atoms with Crippen molar-refractivity contribution < 1.29 is 4.79 Å². The van der Waals surface area contributed by atoms with Crippen molar-refractivity contribution in [3.63, 3.8) is 0 Å². The van der Waals surface area contributed by atoms with Gasteiger partial charge >= 0.3 is 0 Å². The van der Waals surface area contributed by atoms with Crippen molar-refractivity contribution in [1.29, 1.82) is 0 Å². The minimum Gasteiger partial charge on any atom is -0.351 e. The first-order chi connectivity index (χ1) is 14.4. The van der Waals surface area contributed by atoms with Crippen LogP contribution in [0.2, 0.25) is 0 Å². The van der Waals surface area contributed by atoms with Crippen LogP contribution in [0.4, 0.5) is 0 Å². The predicted molar refractivity (Wildman–Crippen MR) is 118 cm³/mol. The lowest BCUT2D eigenvalue weighted by atomic mass is 10.1. The molecule has 4 rings (SSSR count). The molecule has 2 aliphatic rings. The van der Waals surface area contributed by atoms with Crippen molar-refractivity contribution in [2.75, 3.05) is 53.4 Å². The van der Waals surface area contributed by atoms with Gasteiger partial charge in [0.15, 0.2) is 11.5 Å². The fraction of sp³-hybridized carbons (Fsp3) is 0.682. The van der Waals surface area contributed by atoms with Crippen molar-refractivity contribution in [3.05, 3.63) is 29.7 Å². The number of nitrogens with one attached hydrogen (secondary N) is 1. The lowest BCUT2D eigenvalue weighted by Gasteiger charge is -2.42. The number of piperazine rings is 1. The van der Waals surface area contributed by atoms with Crippen LogP contribution < -0.4 is 5.32 Å². The SMILES string of the molecule is CC(C)N1CCN(CC2CC2)C[C@H]1c1nnc2ccc(C(=O)NCCN(C)C)cn12. The molecule has 0 unspecified atom stereocenters. The van der Waals surface area contributed by atoms with Crippen LogP contribution >= 0.6 is 0 Å². The highest BCUT2D eigenvalue weighted by atomic mass is 16.1. The Kier molecular flexibility index (Phi) is 6.36. The van der Waals surface area contributed by atoms with Crippen LogP contribution in [0.3, 0.4) is 0 Å². The highest BCUT2D eigenvalue weighted by Gasteiger charge is 2.35. The van der Waals surface area contributed by atoms with Crippen LogP contribution in [-0.4, -0.2) is 94.6 Å². The van der Waals surface area contributed by atoms with Crippen molar-refractivity contribution in [3.8, 4) is 0 Å². The smallest absolute Gasteiger partial charge is 0.252 e. The Morgan fingerprint density at radius 2 is 2.03 bits per heavy atom. The Hall–Kier alpha value is -2.03. The zero-order chi connectivity index (χ0) is 21.3. The van der Waals surface area contributed by atoms with Crippen LogP contribution in [0.1, 0.15) is 48.9 Å². The number of aromatic nitrogens is 3. The molecule has 30 heavy (non-hydrogen) atoms. The summed E-state index contributed by atoms with van der Waals surface area (Å²) in [6.45, 7) is 10.2. The first-order valence-electron chi connectivity index (χ1n) is 11.2. The van der Waals surface area contributed by atoms with Crippen LogP contribution in [0.25, 0.3) is 5.65 Å². The molecule has 8 nitrogen and oxygen atoms in total. The summed E-state index contributed by atoms with van der Waals surface area (Å²) in [4.78, 5) is 19.8. The van der Waals surface area contributed by atoms with Gasteiger partial charge in [0.2, 0.25) is 0 Å². The Labute approximate surface area is 179 Å². The standard InChI is InChI=1S/C22H35N7O/c1-16(2)28-12-11-27(13-17-5-6-17)15-19(28)21-25-24-20-8-7-18(14-29(20)21)22(30)23-9-10-26(3)4/h7-8,14,16-17,19H,5-6,9-13,15H2,1-4H3,(H,23,30)/t19-/m0/s1. The van der Waals surface area contributed by atoms with Crippen molar-refractivity contribution in [2.24, 2.45) is 5.92 Å². The minimum atomic E-state index is -0.0573. The van der Waals surface area contributed by atoms with Gasteiger partial charge in [0.25, 0.3) is 5.91 Å². The van der Waals surface area contributed by atoms with Gasteiger partial charge in [0, 0.05) is 51.5 Å². The second kappa shape index (κ2) is 8.99. The highest BCUT2D eigenvalue weighted by Crippen LogP contribution is 2.33. The van der Waals surface area contributed by atoms with Gasteiger partial charge < -0.3 is 10.2 Å². The van der Waals surface area contributed by atoms with Gasteiger partial charge in [-0.25, -0.2) is 0 Å². The zero-order valence-corrected chi connectivity index (χ0v) is 18.7. The number of nitrogens with zero attached hydrogens (tertiary/aromatic N) is 6. The molecule has 1 saturated carbocycles. The van der Waals surface area contributed by atoms with Crippen LogP contribution in [0.15, 0.2) is 18.3 Å². The number of carbonyl (C=O) groups excluding carboxylic acids is 1. The molecular formula is C22H35N7O. The van der Waals surface area contributed by atoms with E-state index < -0.39 is 0 Å². The predicted octanol–water partition coefficient (Wildman–Crippen LogP) is 1.50. The third-order valence-corrected chi connectivity index (χ3v) is 6.22. The van der Waals surface area contributed by atoms with Crippen molar-refractivity contribution >= 4 is 11.6 Å². The van der Waals surface area contributed by atoms with E-state index in [2.05, 4.69) is 44.1 Å². The molecule has 0 spiro atoms. The first-order valence-corrected chi connectivity index (χ1v) is 11.2. The summed E-state index contributed by atoms with van der Waals surface area (Å²) < 4.78 is 2.02. The molecule has 8 heteroatoms. The number of amides is 1. The normalized spacial score (nSPS) is 21.1. The van der Waals surface area contributed by atoms with Crippen molar-refractivity contribution in [1.82, 2.24) is 34.6 Å². The van der Waals surface area contributed by atoms with E-state index in [1.165, 1.54) is 19.4 Å². The minimum absolute atomic E-state index is 0.0573. The molecule has 0 aromatic carbocycles. The zero-order valence-electron chi connectivity index (χ0n) is 18.7. The molecule has 1 aliphatic heterocycles. The van der Waals surface area contributed by atoms with E-state index in [9.17, 15) is 4.79 Å². The van der Waals surface area contributed by atoms with E-state index in [0.29, 0.717) is 18.2 Å². The highest BCUT2D eigenvalue weighted by molar-refractivity contribution is 5.94. The van der Waals surface area contributed by atoms with Crippen LogP contribution in [0.5, 0.6) is 0 Å². The second-order valence-corrected chi connectivity index (χ2v) is 9.31. The fourth-order valence-electron chi connectivity index (χ4n) is 4.30. The Bertz CT molecular complexity index is 873. The van der Waals surface area contributed by atoms with E-state index in [0.717, 1.165) is 43.6 Å². The maximum Gasteiger partial charge on any atom is 0.252 e. The molecule has 1 aliphatic carbocycles. The quantitative estimate of drug-likeness (QED) is 0.707. The van der Waals surface area contributed by atoms with Crippen molar-refractivity contribution in [2.45, 2.75) is 38.8 Å². The molecule has 0 bridgehead atoms. The maximum atomic E-state index is 12.6. The lowest BCUT2D eigenvalue weighted by molar-refractivity contribution is 0.0437. The summed E-state index contributed by atoms with van der Waals surface area (Å²) in [6.07, 6.45) is 4.64. The largest absolute Gasteiger partial charge is 0.351 e. The number of rotatable bonds is 8. The molecule has 2 fully saturated rings. The number of pyridine rings is 1. The molecule has 1 atom stereocenters. The molecule has 0 radical (unpaired) electrons. The number of hydrogen-bond donors (Lipinski definition) is 1. The third-order valence-electron chi connectivity index (χ3n) is 6.22. The summed E-state index contributed by atoms with van der Waals surface area (Å²) in [6, 6.07) is 4.34. The number of hydrogen-bond acceptors (Lipinski definition) is 6. The Balaban J connectivity index is 1.57. The number of carbonyl (C=O) groups is 1. The van der Waals surface area contributed by atoms with Gasteiger partial charge in [-0.2, -0.15) is 0 Å². The van der Waals surface area contributed by atoms with E-state index in [4.69, 9.17) is 0 Å². The topological polar surface area (TPSA) is 69.0 Å². The summed E-state index contributed by atoms with van der Waals surface area (Å²) in [5.41, 5.74) is 1.43. The van der Waals surface area contributed by atoms with Gasteiger partial charge in [0.1, 0.15) is 0 Å². The van der Waals surface area contributed by atoms with Gasteiger partial charge in [-0.05, 0) is 58.8 Å². The van der Waals surface area contributed by atoms with E-state index in [-0.39, 0.29) is 11.9 Å². The third kappa shape index (κ3) is 4.82. The molecular weight excluding hydrogens is 378 g/mol. The summed E-state index contributed by atoms with van der Waals surface area (Å²) in [7, 11) is 4.00. The molecule has 1 N–H and O–H groups in total. The van der Waals surface area contributed by atoms with Gasteiger partial charge in [0.05, 0.1) is 11.6 Å². The van der Waals surface area contributed by atoms with E-state index in [1.807, 2.05) is 36.8 Å². The van der Waals surface area contributed by atoms with E-state index in [1.54, 1.807) is 0 Å². The second-order valence-electron chi connectivity index (χ2n) is 9.31. The average molecular weight is 414 g/mol. The van der Waals surface area contributed by atoms with Gasteiger partial charge in [-0.15, -0.1) is 10.2 Å². The molecule has 1 amide bonds. The van der Waals surface area contributed by atoms with Gasteiger partial charge in [-0.1, -0.05) is 0 Å². The Morgan fingerprint density at radius 3 is 2.73 bits per heavy atom. The van der Waals surface area contributed by atoms with Crippen LogP contribution in [-0.2, 0) is 0 Å². The fourth-order valence-corrected chi connectivity index (χ4v) is 4.30. The summed E-state index contributed by atoms with van der Waals surface area (Å²) in [5, 5.41) is 12.0. The Morgan fingerprint density at radius 1 is 1.23 bits per heavy atom. The number of fused-ring (bicyclic) bond motifs is 1. The number of likely N-dealkylation sites (N-methyl/N-ethyl adjacent to an activating group) is 1. The van der Waals surface area contributed by atoms with Crippen LogP contribution in [0, 0.1) is 5.92 Å². The average Bonchev–Trinajstić information content (AvgIpc) is 3.42. The monoisotopic (exact) mass is 413 g/mol. The molecule has 1 saturated heterocycles. The maximum absolute atomic E-state index is 12.6. The molecule has 2 aromatic heterocycles. The first kappa shape index (κ1) is 21.2. The molecule has 3 heterocycles. The lowest BCUT2D eigenvalue weighted by Crippen LogP contribution is -2.51. The van der Waals surface area contributed by atoms with E-state index >= 15 is 0 Å². The van der Waals surface area contributed by atoms with Gasteiger partial charge in [-0.3, -0.25) is 19.0 Å². The molecule has 164 valence electrons. The summed E-state index contributed by atoms with van der Waals surface area (Å²) >= 11 is 0. The molecule has 2 aromatic rings. The summed E-state index contributed by atoms with van der Waals surface area (Å²) in [5.74, 6) is 1.75.